The standard InChI is InChI=1S/C17H39N5/c1-16-6-8-20-17(2)14-19-10-12-21(3)11-5-7-18-9-13-22(4)15-16/h16-20H,5-15H2,1-4H3. The average molecular weight is 314 g/mol. The van der Waals surface area contributed by atoms with Crippen molar-refractivity contribution in [1.29, 1.82) is 0 Å². The maximum atomic E-state index is 3.64. The molecule has 1 fully saturated rings. The molecule has 0 radical (unpaired) electrons. The van der Waals surface area contributed by atoms with E-state index >= 15 is 0 Å². The van der Waals surface area contributed by atoms with Crippen molar-refractivity contribution in [3.05, 3.63) is 0 Å². The molecule has 0 aliphatic carbocycles. The Balaban J connectivity index is 2.32. The predicted molar refractivity (Wildman–Crippen MR) is 96.6 cm³/mol. The lowest BCUT2D eigenvalue weighted by Crippen LogP contribution is -2.40. The van der Waals surface area contributed by atoms with Crippen LogP contribution in [0, 0.1) is 5.92 Å². The Labute approximate surface area is 138 Å². The summed E-state index contributed by atoms with van der Waals surface area (Å²) in [5, 5.41) is 10.8. The van der Waals surface area contributed by atoms with Crippen LogP contribution in [0.3, 0.4) is 0 Å². The van der Waals surface area contributed by atoms with Gasteiger partial charge in [-0.3, -0.25) is 0 Å². The number of rotatable bonds is 0. The third kappa shape index (κ3) is 10.5. The summed E-state index contributed by atoms with van der Waals surface area (Å²) in [6.07, 6.45) is 2.49. The summed E-state index contributed by atoms with van der Waals surface area (Å²) in [5.41, 5.74) is 0. The molecule has 132 valence electrons. The molecule has 5 heteroatoms. The second-order valence-corrected chi connectivity index (χ2v) is 7.12. The summed E-state index contributed by atoms with van der Waals surface area (Å²) >= 11 is 0. The van der Waals surface area contributed by atoms with Crippen molar-refractivity contribution >= 4 is 0 Å². The van der Waals surface area contributed by atoms with Crippen molar-refractivity contribution in [2.75, 3.05) is 73.0 Å². The predicted octanol–water partition coefficient (Wildman–Crippen LogP) is 0.437. The first-order chi connectivity index (χ1) is 10.6. The number of likely N-dealkylation sites (N-methyl/N-ethyl adjacent to an activating group) is 2. The van der Waals surface area contributed by atoms with E-state index in [0.717, 1.165) is 51.7 Å². The van der Waals surface area contributed by atoms with E-state index in [2.05, 4.69) is 53.7 Å². The fraction of sp³-hybridized carbons (Fsp3) is 1.00. The van der Waals surface area contributed by atoms with Crippen molar-refractivity contribution in [1.82, 2.24) is 25.8 Å². The van der Waals surface area contributed by atoms with Gasteiger partial charge in [-0.05, 0) is 59.4 Å². The molecule has 1 aliphatic rings. The minimum absolute atomic E-state index is 0.554. The Kier molecular flexibility index (Phi) is 11.1. The smallest absolute Gasteiger partial charge is 0.0164 e. The highest BCUT2D eigenvalue weighted by molar-refractivity contribution is 4.68. The van der Waals surface area contributed by atoms with Crippen LogP contribution < -0.4 is 16.0 Å². The Morgan fingerprint density at radius 1 is 0.818 bits per heavy atom. The molecule has 0 saturated carbocycles. The minimum atomic E-state index is 0.554. The molecule has 1 heterocycles. The van der Waals surface area contributed by atoms with E-state index in [1.54, 1.807) is 0 Å². The minimum Gasteiger partial charge on any atom is -0.315 e. The van der Waals surface area contributed by atoms with Gasteiger partial charge in [0.25, 0.3) is 0 Å². The quantitative estimate of drug-likeness (QED) is 0.605. The zero-order chi connectivity index (χ0) is 16.2. The molecule has 1 saturated heterocycles. The molecule has 0 aromatic heterocycles. The van der Waals surface area contributed by atoms with Crippen LogP contribution in [0.5, 0.6) is 0 Å². The summed E-state index contributed by atoms with van der Waals surface area (Å²) in [6.45, 7) is 14.8. The SMILES string of the molecule is CC1CCNC(C)CNCCN(C)CCCNCCN(C)C1. The number of hydrogen-bond donors (Lipinski definition) is 3. The first kappa shape index (κ1) is 19.8. The molecule has 5 nitrogen and oxygen atoms in total. The highest BCUT2D eigenvalue weighted by Crippen LogP contribution is 2.03. The summed E-state index contributed by atoms with van der Waals surface area (Å²) in [4.78, 5) is 4.88. The molecule has 1 aliphatic heterocycles. The van der Waals surface area contributed by atoms with Crippen LogP contribution in [-0.4, -0.2) is 88.8 Å². The zero-order valence-electron chi connectivity index (χ0n) is 15.3. The van der Waals surface area contributed by atoms with Gasteiger partial charge in [0.05, 0.1) is 0 Å². The number of nitrogens with zero attached hydrogens (tertiary/aromatic N) is 2. The Bertz CT molecular complexity index is 261. The Morgan fingerprint density at radius 2 is 1.55 bits per heavy atom. The van der Waals surface area contributed by atoms with Crippen LogP contribution >= 0.6 is 0 Å². The zero-order valence-corrected chi connectivity index (χ0v) is 15.3. The van der Waals surface area contributed by atoms with Gasteiger partial charge < -0.3 is 25.8 Å². The second kappa shape index (κ2) is 12.3. The van der Waals surface area contributed by atoms with Gasteiger partial charge >= 0.3 is 0 Å². The molecule has 0 aromatic carbocycles. The summed E-state index contributed by atoms with van der Waals surface area (Å²) in [5.74, 6) is 0.755. The molecule has 2 unspecified atom stereocenters. The maximum Gasteiger partial charge on any atom is 0.0164 e. The molecule has 1 rings (SSSR count). The molecule has 0 spiro atoms. The van der Waals surface area contributed by atoms with Crippen LogP contribution in [0.2, 0.25) is 0 Å². The molecule has 3 N–H and O–H groups in total. The highest BCUT2D eigenvalue weighted by atomic mass is 15.1. The lowest BCUT2D eigenvalue weighted by atomic mass is 10.1. The van der Waals surface area contributed by atoms with Gasteiger partial charge in [0.1, 0.15) is 0 Å². The van der Waals surface area contributed by atoms with Crippen LogP contribution in [0.4, 0.5) is 0 Å². The number of hydrogen-bond acceptors (Lipinski definition) is 5. The molecule has 2 atom stereocenters. The van der Waals surface area contributed by atoms with Gasteiger partial charge in [0.2, 0.25) is 0 Å². The van der Waals surface area contributed by atoms with Crippen molar-refractivity contribution in [2.24, 2.45) is 5.92 Å². The lowest BCUT2D eigenvalue weighted by molar-refractivity contribution is 0.271. The van der Waals surface area contributed by atoms with Gasteiger partial charge in [-0.2, -0.15) is 0 Å². The van der Waals surface area contributed by atoms with Crippen LogP contribution in [0.25, 0.3) is 0 Å². The van der Waals surface area contributed by atoms with Gasteiger partial charge in [-0.15, -0.1) is 0 Å². The third-order valence-corrected chi connectivity index (χ3v) is 4.44. The summed E-state index contributed by atoms with van der Waals surface area (Å²) in [7, 11) is 4.46. The van der Waals surface area contributed by atoms with E-state index in [1.807, 2.05) is 0 Å². The largest absolute Gasteiger partial charge is 0.315 e. The highest BCUT2D eigenvalue weighted by Gasteiger charge is 2.08. The van der Waals surface area contributed by atoms with Gasteiger partial charge in [0, 0.05) is 45.3 Å². The van der Waals surface area contributed by atoms with Crippen LogP contribution in [0.1, 0.15) is 26.7 Å². The third-order valence-electron chi connectivity index (χ3n) is 4.44. The summed E-state index contributed by atoms with van der Waals surface area (Å²) < 4.78 is 0. The van der Waals surface area contributed by atoms with Crippen molar-refractivity contribution in [3.63, 3.8) is 0 Å². The molecule has 0 amide bonds. The fourth-order valence-electron chi connectivity index (χ4n) is 2.93. The molecule has 0 bridgehead atoms. The fourth-order valence-corrected chi connectivity index (χ4v) is 2.93. The Morgan fingerprint density at radius 3 is 2.36 bits per heavy atom. The van der Waals surface area contributed by atoms with Crippen molar-refractivity contribution in [2.45, 2.75) is 32.7 Å². The van der Waals surface area contributed by atoms with Gasteiger partial charge in [-0.25, -0.2) is 0 Å². The van der Waals surface area contributed by atoms with E-state index in [-0.39, 0.29) is 0 Å². The van der Waals surface area contributed by atoms with Crippen molar-refractivity contribution in [3.8, 4) is 0 Å². The first-order valence-corrected chi connectivity index (χ1v) is 9.10. The van der Waals surface area contributed by atoms with Gasteiger partial charge in [0.15, 0.2) is 0 Å². The topological polar surface area (TPSA) is 42.6 Å². The van der Waals surface area contributed by atoms with E-state index < -0.39 is 0 Å². The maximum absolute atomic E-state index is 3.64. The van der Waals surface area contributed by atoms with Crippen LogP contribution in [0.15, 0.2) is 0 Å². The summed E-state index contributed by atoms with van der Waals surface area (Å²) in [6, 6.07) is 0.554. The van der Waals surface area contributed by atoms with Gasteiger partial charge in [-0.1, -0.05) is 6.92 Å². The molecular formula is C17H39N5. The average Bonchev–Trinajstić information content (AvgIpc) is 2.46. The normalized spacial score (nSPS) is 30.5. The van der Waals surface area contributed by atoms with Crippen LogP contribution in [-0.2, 0) is 0 Å². The molecular weight excluding hydrogens is 274 g/mol. The van der Waals surface area contributed by atoms with Crippen molar-refractivity contribution < 1.29 is 0 Å². The van der Waals surface area contributed by atoms with E-state index in [9.17, 15) is 0 Å². The first-order valence-electron chi connectivity index (χ1n) is 9.10. The lowest BCUT2D eigenvalue weighted by Gasteiger charge is -2.23. The molecule has 0 aromatic rings. The van der Waals surface area contributed by atoms with E-state index in [0.29, 0.717) is 6.04 Å². The van der Waals surface area contributed by atoms with E-state index in [4.69, 9.17) is 0 Å². The monoisotopic (exact) mass is 313 g/mol. The van der Waals surface area contributed by atoms with E-state index in [1.165, 1.54) is 25.9 Å². The second-order valence-electron chi connectivity index (χ2n) is 7.12. The number of nitrogens with one attached hydrogen (secondary N) is 3. The molecule has 22 heavy (non-hydrogen) atoms. The Hall–Kier alpha value is -0.200.